The van der Waals surface area contributed by atoms with Crippen LogP contribution in [0.3, 0.4) is 0 Å². The minimum atomic E-state index is -0.0618. The van der Waals surface area contributed by atoms with Crippen molar-refractivity contribution in [2.45, 2.75) is 124 Å². The lowest BCUT2D eigenvalue weighted by Crippen LogP contribution is -2.54. The van der Waals surface area contributed by atoms with Crippen LogP contribution in [0.25, 0.3) is 0 Å². The van der Waals surface area contributed by atoms with Gasteiger partial charge in [-0.2, -0.15) is 0 Å². The maximum absolute atomic E-state index is 11.3. The SMILES string of the molecule is CCC12CC3C4CCC5CC(O)CCC5(C)C4CCC3(C)C1C(C)=C(CCC(C)CNC(C)=O)O2. The van der Waals surface area contributed by atoms with E-state index in [0.29, 0.717) is 22.7 Å². The molecule has 0 radical (unpaired) electrons. The van der Waals surface area contributed by atoms with Gasteiger partial charge in [-0.25, -0.2) is 0 Å². The van der Waals surface area contributed by atoms with Crippen LogP contribution >= 0.6 is 0 Å². The largest absolute Gasteiger partial charge is 0.491 e. The molecule has 0 saturated heterocycles. The molecule has 1 heterocycles. The molecule has 1 amide bonds. The molecule has 0 spiro atoms. The van der Waals surface area contributed by atoms with Crippen LogP contribution in [-0.4, -0.2) is 29.3 Å². The summed E-state index contributed by atoms with van der Waals surface area (Å²) in [6.07, 6.45) is 13.0. The van der Waals surface area contributed by atoms with Crippen LogP contribution in [-0.2, 0) is 9.53 Å². The molecule has 10 atom stereocenters. The predicted molar refractivity (Wildman–Crippen MR) is 140 cm³/mol. The molecule has 4 heteroatoms. The number of rotatable bonds is 6. The molecule has 0 aromatic heterocycles. The Labute approximate surface area is 214 Å². The Kier molecular flexibility index (Phi) is 6.63. The lowest BCUT2D eigenvalue weighted by Gasteiger charge is -2.60. The first-order valence-corrected chi connectivity index (χ1v) is 14.8. The summed E-state index contributed by atoms with van der Waals surface area (Å²) in [7, 11) is 0. The molecule has 0 aromatic carbocycles. The molecular formula is C31H51NO3. The summed E-state index contributed by atoms with van der Waals surface area (Å²) in [6.45, 7) is 14.6. The van der Waals surface area contributed by atoms with Crippen molar-refractivity contribution in [3.8, 4) is 0 Å². The molecule has 4 aliphatic carbocycles. The topological polar surface area (TPSA) is 58.6 Å². The summed E-state index contributed by atoms with van der Waals surface area (Å²) in [5, 5.41) is 13.3. The van der Waals surface area contributed by atoms with Gasteiger partial charge in [0.2, 0.25) is 5.91 Å². The minimum absolute atomic E-state index is 0.00485. The Hall–Kier alpha value is -1.03. The van der Waals surface area contributed by atoms with Gasteiger partial charge in [0.15, 0.2) is 0 Å². The van der Waals surface area contributed by atoms with E-state index in [4.69, 9.17) is 4.74 Å². The van der Waals surface area contributed by atoms with Crippen LogP contribution in [0.1, 0.15) is 112 Å². The number of aliphatic hydroxyl groups is 1. The van der Waals surface area contributed by atoms with E-state index in [9.17, 15) is 9.90 Å². The maximum Gasteiger partial charge on any atom is 0.216 e. The highest BCUT2D eigenvalue weighted by atomic mass is 16.5. The highest BCUT2D eigenvalue weighted by molar-refractivity contribution is 5.72. The number of hydrogen-bond donors (Lipinski definition) is 2. The number of hydrogen-bond acceptors (Lipinski definition) is 3. The third kappa shape index (κ3) is 3.99. The zero-order valence-corrected chi connectivity index (χ0v) is 23.3. The molecule has 1 aliphatic heterocycles. The van der Waals surface area contributed by atoms with Crippen LogP contribution in [0.5, 0.6) is 0 Å². The second kappa shape index (κ2) is 9.07. The molecule has 198 valence electrons. The van der Waals surface area contributed by atoms with E-state index in [-0.39, 0.29) is 17.6 Å². The molecule has 5 aliphatic rings. The number of ether oxygens (including phenoxy) is 1. The van der Waals surface area contributed by atoms with Crippen molar-refractivity contribution < 1.29 is 14.6 Å². The van der Waals surface area contributed by atoms with Crippen LogP contribution in [0, 0.1) is 46.3 Å². The van der Waals surface area contributed by atoms with Crippen molar-refractivity contribution in [1.82, 2.24) is 5.32 Å². The molecule has 4 fully saturated rings. The smallest absolute Gasteiger partial charge is 0.216 e. The van der Waals surface area contributed by atoms with Gasteiger partial charge >= 0.3 is 0 Å². The first-order valence-electron chi connectivity index (χ1n) is 14.8. The fourth-order valence-electron chi connectivity index (χ4n) is 10.4. The molecular weight excluding hydrogens is 434 g/mol. The normalized spacial score (nSPS) is 47.3. The minimum Gasteiger partial charge on any atom is -0.491 e. The van der Waals surface area contributed by atoms with Gasteiger partial charge in [-0.1, -0.05) is 27.7 Å². The summed E-state index contributed by atoms with van der Waals surface area (Å²) < 4.78 is 7.05. The number of fused-ring (bicyclic) bond motifs is 7. The van der Waals surface area contributed by atoms with E-state index >= 15 is 0 Å². The standard InChI is InChI=1S/C31H51NO3/c1-7-31-17-26-24-10-9-22-16-23(34)12-14-29(22,5)25(24)13-15-30(26,6)28(31)20(3)27(35-31)11-8-19(2)18-32-21(4)33/h19,22-26,28,34H,7-18H2,1-6H3,(H,32,33). The van der Waals surface area contributed by atoms with Gasteiger partial charge in [0.1, 0.15) is 5.60 Å². The highest BCUT2D eigenvalue weighted by Gasteiger charge is 2.69. The van der Waals surface area contributed by atoms with Crippen LogP contribution in [0.15, 0.2) is 11.3 Å². The molecule has 35 heavy (non-hydrogen) atoms. The number of allylic oxidation sites excluding steroid dienone is 1. The van der Waals surface area contributed by atoms with Crippen molar-refractivity contribution in [1.29, 1.82) is 0 Å². The Morgan fingerprint density at radius 1 is 1.14 bits per heavy atom. The van der Waals surface area contributed by atoms with Gasteiger partial charge in [-0.3, -0.25) is 4.79 Å². The third-order valence-electron chi connectivity index (χ3n) is 12.2. The van der Waals surface area contributed by atoms with E-state index in [2.05, 4.69) is 39.9 Å². The van der Waals surface area contributed by atoms with Gasteiger partial charge in [0.05, 0.1) is 11.9 Å². The van der Waals surface area contributed by atoms with Crippen molar-refractivity contribution in [3.63, 3.8) is 0 Å². The Morgan fingerprint density at radius 3 is 2.60 bits per heavy atom. The summed E-state index contributed by atoms with van der Waals surface area (Å²) >= 11 is 0. The molecule has 2 N–H and O–H groups in total. The number of amides is 1. The summed E-state index contributed by atoms with van der Waals surface area (Å²) in [4.78, 5) is 11.3. The molecule has 4 saturated carbocycles. The van der Waals surface area contributed by atoms with Crippen LogP contribution in [0.4, 0.5) is 0 Å². The third-order valence-corrected chi connectivity index (χ3v) is 12.2. The van der Waals surface area contributed by atoms with E-state index < -0.39 is 0 Å². The maximum atomic E-state index is 11.3. The van der Waals surface area contributed by atoms with Gasteiger partial charge in [-0.15, -0.1) is 0 Å². The van der Waals surface area contributed by atoms with Gasteiger partial charge < -0.3 is 15.2 Å². The molecule has 4 nitrogen and oxygen atoms in total. The van der Waals surface area contributed by atoms with Crippen molar-refractivity contribution in [3.05, 3.63) is 11.3 Å². The van der Waals surface area contributed by atoms with Gasteiger partial charge in [0.25, 0.3) is 0 Å². The van der Waals surface area contributed by atoms with Crippen LogP contribution in [0.2, 0.25) is 0 Å². The van der Waals surface area contributed by atoms with E-state index in [1.165, 1.54) is 44.3 Å². The van der Waals surface area contributed by atoms with E-state index in [1.54, 1.807) is 12.5 Å². The number of carbonyl (C=O) groups excluding carboxylic acids is 1. The fourth-order valence-corrected chi connectivity index (χ4v) is 10.4. The molecule has 0 aromatic rings. The predicted octanol–water partition coefficient (Wildman–Crippen LogP) is 6.62. The summed E-state index contributed by atoms with van der Waals surface area (Å²) in [6, 6.07) is 0. The van der Waals surface area contributed by atoms with Gasteiger partial charge in [0, 0.05) is 25.8 Å². The fraction of sp³-hybridized carbons (Fsp3) is 0.903. The van der Waals surface area contributed by atoms with E-state index in [1.807, 2.05) is 0 Å². The monoisotopic (exact) mass is 485 g/mol. The zero-order valence-electron chi connectivity index (χ0n) is 23.3. The van der Waals surface area contributed by atoms with Crippen LogP contribution < -0.4 is 5.32 Å². The average molecular weight is 486 g/mol. The van der Waals surface area contributed by atoms with Gasteiger partial charge in [-0.05, 0) is 117 Å². The Balaban J connectivity index is 1.35. The van der Waals surface area contributed by atoms with Crippen molar-refractivity contribution in [2.24, 2.45) is 46.3 Å². The summed E-state index contributed by atoms with van der Waals surface area (Å²) in [5.74, 6) is 5.51. The molecule has 10 unspecified atom stereocenters. The quantitative estimate of drug-likeness (QED) is 0.444. The average Bonchev–Trinajstić information content (AvgIpc) is 3.25. The second-order valence-electron chi connectivity index (χ2n) is 14.0. The number of aliphatic hydroxyl groups excluding tert-OH is 1. The number of carbonyl (C=O) groups is 1. The molecule has 0 bridgehead atoms. The lowest BCUT2D eigenvalue weighted by molar-refractivity contribution is -0.124. The summed E-state index contributed by atoms with van der Waals surface area (Å²) in [5.41, 5.74) is 2.32. The first-order chi connectivity index (χ1) is 16.5. The van der Waals surface area contributed by atoms with E-state index in [0.717, 1.165) is 62.3 Å². The highest BCUT2D eigenvalue weighted by Crippen LogP contribution is 2.72. The molecule has 5 rings (SSSR count). The second-order valence-corrected chi connectivity index (χ2v) is 14.0. The van der Waals surface area contributed by atoms with Crippen molar-refractivity contribution >= 4 is 5.91 Å². The first kappa shape index (κ1) is 25.6. The lowest BCUT2D eigenvalue weighted by atomic mass is 9.44. The Morgan fingerprint density at radius 2 is 1.89 bits per heavy atom. The Bertz CT molecular complexity index is 867. The number of nitrogens with one attached hydrogen (secondary N) is 1. The zero-order chi connectivity index (χ0) is 25.2. The van der Waals surface area contributed by atoms with Crippen molar-refractivity contribution in [2.75, 3.05) is 6.54 Å².